The van der Waals surface area contributed by atoms with Crippen LogP contribution in [0, 0.1) is 18.3 Å². The quantitative estimate of drug-likeness (QED) is 0.818. The maximum absolute atomic E-state index is 11.9. The Kier molecular flexibility index (Phi) is 6.13. The molecular weight excluding hydrogens is 346 g/mol. The molecule has 0 aliphatic rings. The summed E-state index contributed by atoms with van der Waals surface area (Å²) < 4.78 is 5.44. The van der Waals surface area contributed by atoms with E-state index in [0.717, 1.165) is 5.56 Å². The Morgan fingerprint density at radius 2 is 2.08 bits per heavy atom. The van der Waals surface area contributed by atoms with Gasteiger partial charge in [0.1, 0.15) is 11.8 Å². The second-order valence-corrected chi connectivity index (χ2v) is 5.70. The van der Waals surface area contributed by atoms with E-state index in [1.54, 1.807) is 42.5 Å². The first-order valence-corrected chi connectivity index (χ1v) is 7.77. The Bertz CT molecular complexity index is 818. The molecule has 0 fully saturated rings. The number of aryl methyl sites for hydroxylation is 1. The smallest absolute Gasteiger partial charge is 0.264 e. The van der Waals surface area contributed by atoms with Crippen LogP contribution < -0.4 is 15.4 Å². The predicted molar refractivity (Wildman–Crippen MR) is 97.2 cm³/mol. The van der Waals surface area contributed by atoms with E-state index >= 15 is 0 Å². The summed E-state index contributed by atoms with van der Waals surface area (Å²) in [6.45, 7) is 1.65. The van der Waals surface area contributed by atoms with Crippen molar-refractivity contribution < 1.29 is 9.53 Å². The average Bonchev–Trinajstić information content (AvgIpc) is 2.54. The molecule has 122 valence electrons. The number of hydrogen-bond donors (Lipinski definition) is 2. The standard InChI is InChI=1S/C17H14ClN3O2S/c1-11-8-13(18)6-7-15(11)23-10-16(22)21-17(24)20-14-5-3-2-4-12(14)9-19/h2-8H,10H2,1H3,(H2,20,21,22,24). The summed E-state index contributed by atoms with van der Waals surface area (Å²) in [5.74, 6) is 0.166. The molecule has 0 atom stereocenters. The fourth-order valence-corrected chi connectivity index (χ4v) is 2.37. The summed E-state index contributed by atoms with van der Waals surface area (Å²) in [6, 6.07) is 14.0. The maximum Gasteiger partial charge on any atom is 0.264 e. The van der Waals surface area contributed by atoms with Gasteiger partial charge in [0.2, 0.25) is 0 Å². The number of hydrogen-bond acceptors (Lipinski definition) is 4. The highest BCUT2D eigenvalue weighted by atomic mass is 35.5. The Labute approximate surface area is 150 Å². The van der Waals surface area contributed by atoms with Crippen LogP contribution in [0.25, 0.3) is 0 Å². The normalized spacial score (nSPS) is 9.71. The fourth-order valence-electron chi connectivity index (χ4n) is 1.92. The SMILES string of the molecule is Cc1cc(Cl)ccc1OCC(=O)NC(=S)Nc1ccccc1C#N. The van der Waals surface area contributed by atoms with Crippen molar-refractivity contribution in [2.24, 2.45) is 0 Å². The van der Waals surface area contributed by atoms with Crippen LogP contribution in [0.15, 0.2) is 42.5 Å². The van der Waals surface area contributed by atoms with Crippen molar-refractivity contribution in [3.05, 3.63) is 58.6 Å². The number of rotatable bonds is 4. The molecule has 2 aromatic rings. The third-order valence-electron chi connectivity index (χ3n) is 3.04. The van der Waals surface area contributed by atoms with Gasteiger partial charge in [0.25, 0.3) is 5.91 Å². The minimum atomic E-state index is -0.406. The van der Waals surface area contributed by atoms with E-state index < -0.39 is 5.91 Å². The van der Waals surface area contributed by atoms with Gasteiger partial charge in [0, 0.05) is 5.02 Å². The molecule has 0 aliphatic carbocycles. The Morgan fingerprint density at radius 3 is 2.79 bits per heavy atom. The number of para-hydroxylation sites is 1. The van der Waals surface area contributed by atoms with Crippen LogP contribution in [0.5, 0.6) is 5.75 Å². The molecule has 0 heterocycles. The van der Waals surface area contributed by atoms with Crippen LogP contribution in [0.2, 0.25) is 5.02 Å². The molecule has 2 N–H and O–H groups in total. The molecule has 0 bridgehead atoms. The van der Waals surface area contributed by atoms with E-state index in [1.165, 1.54) is 0 Å². The number of ether oxygens (including phenoxy) is 1. The summed E-state index contributed by atoms with van der Waals surface area (Å²) in [4.78, 5) is 11.9. The van der Waals surface area contributed by atoms with Crippen LogP contribution in [0.3, 0.4) is 0 Å². The minimum Gasteiger partial charge on any atom is -0.483 e. The summed E-state index contributed by atoms with van der Waals surface area (Å²) >= 11 is 10.9. The molecular formula is C17H14ClN3O2S. The molecule has 0 aliphatic heterocycles. The highest BCUT2D eigenvalue weighted by Crippen LogP contribution is 2.21. The number of amides is 1. The van der Waals surface area contributed by atoms with Gasteiger partial charge in [-0.1, -0.05) is 23.7 Å². The lowest BCUT2D eigenvalue weighted by molar-refractivity contribution is -0.121. The summed E-state index contributed by atoms with van der Waals surface area (Å²) in [6.07, 6.45) is 0. The summed E-state index contributed by atoms with van der Waals surface area (Å²) in [7, 11) is 0. The van der Waals surface area contributed by atoms with Crippen molar-refractivity contribution in [1.29, 1.82) is 5.26 Å². The number of nitriles is 1. The van der Waals surface area contributed by atoms with E-state index in [4.69, 9.17) is 33.8 Å². The van der Waals surface area contributed by atoms with Crippen molar-refractivity contribution in [1.82, 2.24) is 5.32 Å². The lowest BCUT2D eigenvalue weighted by Gasteiger charge is -2.12. The van der Waals surface area contributed by atoms with Gasteiger partial charge in [-0.15, -0.1) is 0 Å². The third-order valence-corrected chi connectivity index (χ3v) is 3.48. The molecule has 0 saturated heterocycles. The molecule has 0 radical (unpaired) electrons. The second kappa shape index (κ2) is 8.29. The van der Waals surface area contributed by atoms with E-state index in [2.05, 4.69) is 10.6 Å². The van der Waals surface area contributed by atoms with Gasteiger partial charge in [-0.2, -0.15) is 5.26 Å². The van der Waals surface area contributed by atoms with Gasteiger partial charge >= 0.3 is 0 Å². The zero-order valence-electron chi connectivity index (χ0n) is 12.8. The molecule has 2 rings (SSSR count). The van der Waals surface area contributed by atoms with Crippen LogP contribution >= 0.6 is 23.8 Å². The van der Waals surface area contributed by atoms with Crippen LogP contribution in [-0.4, -0.2) is 17.6 Å². The number of benzene rings is 2. The lowest BCUT2D eigenvalue weighted by Crippen LogP contribution is -2.37. The number of thiocarbonyl (C=S) groups is 1. The first-order chi connectivity index (χ1) is 11.5. The summed E-state index contributed by atoms with van der Waals surface area (Å²) in [5.41, 5.74) is 1.79. The molecule has 0 spiro atoms. The number of carbonyl (C=O) groups excluding carboxylic acids is 1. The average molecular weight is 360 g/mol. The van der Waals surface area contributed by atoms with Crippen molar-refractivity contribution in [2.45, 2.75) is 6.92 Å². The number of anilines is 1. The van der Waals surface area contributed by atoms with Gasteiger partial charge < -0.3 is 10.1 Å². The summed E-state index contributed by atoms with van der Waals surface area (Å²) in [5, 5.41) is 15.0. The van der Waals surface area contributed by atoms with E-state index in [0.29, 0.717) is 22.0 Å². The minimum absolute atomic E-state index is 0.0964. The van der Waals surface area contributed by atoms with E-state index in [1.807, 2.05) is 13.0 Å². The number of carbonyl (C=O) groups is 1. The molecule has 24 heavy (non-hydrogen) atoms. The van der Waals surface area contributed by atoms with Gasteiger partial charge in [-0.3, -0.25) is 10.1 Å². The van der Waals surface area contributed by atoms with Gasteiger partial charge in [-0.25, -0.2) is 0 Å². The second-order valence-electron chi connectivity index (χ2n) is 4.86. The fraction of sp³-hybridized carbons (Fsp3) is 0.118. The van der Waals surface area contributed by atoms with Crippen LogP contribution in [0.4, 0.5) is 5.69 Å². The highest BCUT2D eigenvalue weighted by Gasteiger charge is 2.09. The molecule has 7 heteroatoms. The molecule has 0 unspecified atom stereocenters. The maximum atomic E-state index is 11.9. The van der Waals surface area contributed by atoms with Crippen LogP contribution in [0.1, 0.15) is 11.1 Å². The van der Waals surface area contributed by atoms with E-state index in [9.17, 15) is 4.79 Å². The van der Waals surface area contributed by atoms with Crippen molar-refractivity contribution >= 4 is 40.5 Å². The van der Waals surface area contributed by atoms with Crippen LogP contribution in [-0.2, 0) is 4.79 Å². The predicted octanol–water partition coefficient (Wildman–Crippen LogP) is 3.41. The number of halogens is 1. The first-order valence-electron chi connectivity index (χ1n) is 6.98. The van der Waals surface area contributed by atoms with Gasteiger partial charge in [0.15, 0.2) is 11.7 Å². The van der Waals surface area contributed by atoms with Gasteiger partial charge in [0.05, 0.1) is 11.3 Å². The molecule has 1 amide bonds. The van der Waals surface area contributed by atoms with Crippen molar-refractivity contribution in [2.75, 3.05) is 11.9 Å². The Hall–Kier alpha value is -2.62. The topological polar surface area (TPSA) is 74.2 Å². The highest BCUT2D eigenvalue weighted by molar-refractivity contribution is 7.80. The molecule has 5 nitrogen and oxygen atoms in total. The monoisotopic (exact) mass is 359 g/mol. The zero-order valence-corrected chi connectivity index (χ0v) is 14.4. The van der Waals surface area contributed by atoms with Gasteiger partial charge in [-0.05, 0) is 55.0 Å². The lowest BCUT2D eigenvalue weighted by atomic mass is 10.2. The van der Waals surface area contributed by atoms with Crippen molar-refractivity contribution in [3.8, 4) is 11.8 Å². The Morgan fingerprint density at radius 1 is 1.33 bits per heavy atom. The van der Waals surface area contributed by atoms with Crippen molar-refractivity contribution in [3.63, 3.8) is 0 Å². The first kappa shape index (κ1) is 17.7. The Balaban J connectivity index is 1.88. The molecule has 0 aromatic heterocycles. The third kappa shape index (κ3) is 4.95. The largest absolute Gasteiger partial charge is 0.483 e. The van der Waals surface area contributed by atoms with E-state index in [-0.39, 0.29) is 11.7 Å². The zero-order chi connectivity index (χ0) is 17.5. The number of nitrogens with zero attached hydrogens (tertiary/aromatic N) is 1. The molecule has 2 aromatic carbocycles. The number of nitrogens with one attached hydrogen (secondary N) is 2. The molecule has 0 saturated carbocycles.